The Hall–Kier alpha value is -1.26. The highest BCUT2D eigenvalue weighted by atomic mass is 35.5. The Balaban J connectivity index is 0.00000176. The Bertz CT molecular complexity index is 454. The van der Waals surface area contributed by atoms with Crippen molar-refractivity contribution >= 4 is 24.0 Å². The summed E-state index contributed by atoms with van der Waals surface area (Å²) in [6, 6.07) is 10.9. The number of hydrogen-bond acceptors (Lipinski definition) is 3. The average molecular weight is 324 g/mol. The van der Waals surface area contributed by atoms with Gasteiger partial charge in [-0.05, 0) is 50.9 Å². The largest absolute Gasteiger partial charge is 0.371 e. The first kappa shape index (κ1) is 17.1. The Morgan fingerprint density at radius 2 is 1.68 bits per heavy atom. The van der Waals surface area contributed by atoms with E-state index in [1.165, 1.54) is 5.69 Å². The molecule has 22 heavy (non-hydrogen) atoms. The summed E-state index contributed by atoms with van der Waals surface area (Å²) >= 11 is 0. The minimum absolute atomic E-state index is 0. The first-order chi connectivity index (χ1) is 10.3. The number of nitrogens with zero attached hydrogens (tertiary/aromatic N) is 1. The number of para-hydroxylation sites is 1. The number of benzene rings is 1. The van der Waals surface area contributed by atoms with Gasteiger partial charge in [0.05, 0.1) is 0 Å². The number of rotatable bonds is 3. The second-order valence-electron chi connectivity index (χ2n) is 6.13. The van der Waals surface area contributed by atoms with Gasteiger partial charge in [0.15, 0.2) is 0 Å². The van der Waals surface area contributed by atoms with E-state index in [-0.39, 0.29) is 24.2 Å². The molecule has 0 spiro atoms. The number of nitrogens with one attached hydrogen (secondary N) is 2. The summed E-state index contributed by atoms with van der Waals surface area (Å²) in [5.74, 6) is 0.494. The second kappa shape index (κ2) is 8.39. The maximum absolute atomic E-state index is 12.3. The van der Waals surface area contributed by atoms with Gasteiger partial charge in [0.25, 0.3) is 0 Å². The van der Waals surface area contributed by atoms with Crippen LogP contribution in [0.15, 0.2) is 30.3 Å². The molecular weight excluding hydrogens is 298 g/mol. The van der Waals surface area contributed by atoms with Crippen molar-refractivity contribution < 1.29 is 4.79 Å². The fraction of sp³-hybridized carbons (Fsp3) is 0.588. The molecule has 2 aliphatic rings. The van der Waals surface area contributed by atoms with E-state index in [1.807, 2.05) is 0 Å². The van der Waals surface area contributed by atoms with E-state index in [4.69, 9.17) is 0 Å². The zero-order chi connectivity index (χ0) is 14.5. The van der Waals surface area contributed by atoms with E-state index in [2.05, 4.69) is 45.9 Å². The van der Waals surface area contributed by atoms with Crippen molar-refractivity contribution in [2.75, 3.05) is 31.1 Å². The number of carbonyl (C=O) groups excluding carboxylic acids is 1. The summed E-state index contributed by atoms with van der Waals surface area (Å²) < 4.78 is 0. The Labute approximate surface area is 139 Å². The summed E-state index contributed by atoms with van der Waals surface area (Å²) in [7, 11) is 0. The zero-order valence-electron chi connectivity index (χ0n) is 13.0. The van der Waals surface area contributed by atoms with Crippen molar-refractivity contribution in [3.8, 4) is 0 Å². The minimum atomic E-state index is 0. The molecule has 0 aromatic heterocycles. The van der Waals surface area contributed by atoms with Crippen molar-refractivity contribution in [1.82, 2.24) is 10.6 Å². The van der Waals surface area contributed by atoms with Crippen LogP contribution in [-0.2, 0) is 4.79 Å². The van der Waals surface area contributed by atoms with Crippen LogP contribution in [0.2, 0.25) is 0 Å². The van der Waals surface area contributed by atoms with Crippen LogP contribution in [0.3, 0.4) is 0 Å². The van der Waals surface area contributed by atoms with Crippen molar-refractivity contribution in [2.45, 2.75) is 31.7 Å². The molecule has 0 radical (unpaired) electrons. The monoisotopic (exact) mass is 323 g/mol. The number of piperidine rings is 2. The van der Waals surface area contributed by atoms with Gasteiger partial charge >= 0.3 is 0 Å². The lowest BCUT2D eigenvalue weighted by atomic mass is 9.96. The summed E-state index contributed by atoms with van der Waals surface area (Å²) in [6.45, 7) is 4.01. The molecule has 0 unspecified atom stereocenters. The molecule has 122 valence electrons. The predicted molar refractivity (Wildman–Crippen MR) is 92.7 cm³/mol. The third kappa shape index (κ3) is 4.37. The molecule has 1 aromatic carbocycles. The average Bonchev–Trinajstić information content (AvgIpc) is 2.57. The fourth-order valence-electron chi connectivity index (χ4n) is 3.32. The summed E-state index contributed by atoms with van der Waals surface area (Å²) in [5, 5.41) is 6.58. The smallest absolute Gasteiger partial charge is 0.223 e. The third-order valence-electron chi connectivity index (χ3n) is 4.67. The summed E-state index contributed by atoms with van der Waals surface area (Å²) in [4.78, 5) is 14.7. The summed E-state index contributed by atoms with van der Waals surface area (Å²) in [6.07, 6.45) is 4.06. The molecule has 5 heteroatoms. The van der Waals surface area contributed by atoms with E-state index in [1.54, 1.807) is 0 Å². The maximum Gasteiger partial charge on any atom is 0.223 e. The van der Waals surface area contributed by atoms with Crippen LogP contribution in [0.4, 0.5) is 5.69 Å². The van der Waals surface area contributed by atoms with Gasteiger partial charge in [-0.2, -0.15) is 0 Å². The molecule has 3 rings (SSSR count). The molecule has 1 aromatic rings. The maximum atomic E-state index is 12.3. The molecule has 0 aliphatic carbocycles. The molecule has 0 bridgehead atoms. The van der Waals surface area contributed by atoms with Gasteiger partial charge in [-0.3, -0.25) is 4.79 Å². The van der Waals surface area contributed by atoms with Crippen molar-refractivity contribution in [1.29, 1.82) is 0 Å². The minimum Gasteiger partial charge on any atom is -0.371 e. The number of carbonyl (C=O) groups is 1. The summed E-state index contributed by atoms with van der Waals surface area (Å²) in [5.41, 5.74) is 1.29. The second-order valence-corrected chi connectivity index (χ2v) is 6.13. The van der Waals surface area contributed by atoms with E-state index >= 15 is 0 Å². The lowest BCUT2D eigenvalue weighted by Gasteiger charge is -2.35. The third-order valence-corrected chi connectivity index (χ3v) is 4.67. The molecule has 1 amide bonds. The molecule has 0 saturated carbocycles. The number of hydrogen-bond donors (Lipinski definition) is 2. The molecule has 2 fully saturated rings. The van der Waals surface area contributed by atoms with E-state index in [0.717, 1.165) is 51.9 Å². The van der Waals surface area contributed by atoms with Gasteiger partial charge in [0.2, 0.25) is 5.91 Å². The van der Waals surface area contributed by atoms with Gasteiger partial charge in [-0.25, -0.2) is 0 Å². The first-order valence-electron chi connectivity index (χ1n) is 8.14. The van der Waals surface area contributed by atoms with Crippen molar-refractivity contribution in [3.63, 3.8) is 0 Å². The van der Waals surface area contributed by atoms with Crippen LogP contribution in [-0.4, -0.2) is 38.1 Å². The van der Waals surface area contributed by atoms with Crippen molar-refractivity contribution in [3.05, 3.63) is 30.3 Å². The molecule has 2 saturated heterocycles. The highest BCUT2D eigenvalue weighted by Gasteiger charge is 2.25. The van der Waals surface area contributed by atoms with Crippen molar-refractivity contribution in [2.24, 2.45) is 5.92 Å². The standard InChI is InChI=1S/C17H25N3O.ClH/c21-17(14-6-10-18-11-7-14)19-15-8-12-20(13-9-15)16-4-2-1-3-5-16;/h1-5,14-15,18H,6-13H2,(H,19,21);1H. The fourth-order valence-corrected chi connectivity index (χ4v) is 3.32. The van der Waals surface area contributed by atoms with Crippen LogP contribution >= 0.6 is 12.4 Å². The lowest BCUT2D eigenvalue weighted by Crippen LogP contribution is -2.47. The van der Waals surface area contributed by atoms with Gasteiger partial charge in [-0.1, -0.05) is 18.2 Å². The highest BCUT2D eigenvalue weighted by Crippen LogP contribution is 2.20. The number of anilines is 1. The molecule has 2 aliphatic heterocycles. The number of amides is 1. The van der Waals surface area contributed by atoms with Gasteiger partial charge < -0.3 is 15.5 Å². The lowest BCUT2D eigenvalue weighted by molar-refractivity contribution is -0.126. The van der Waals surface area contributed by atoms with Gasteiger partial charge in [-0.15, -0.1) is 12.4 Å². The zero-order valence-corrected chi connectivity index (χ0v) is 13.8. The van der Waals surface area contributed by atoms with Crippen LogP contribution in [0.1, 0.15) is 25.7 Å². The molecular formula is C17H26ClN3O. The van der Waals surface area contributed by atoms with E-state index in [9.17, 15) is 4.79 Å². The van der Waals surface area contributed by atoms with Crippen LogP contribution in [0.5, 0.6) is 0 Å². The van der Waals surface area contributed by atoms with E-state index < -0.39 is 0 Å². The van der Waals surface area contributed by atoms with Crippen LogP contribution < -0.4 is 15.5 Å². The Morgan fingerprint density at radius 1 is 1.05 bits per heavy atom. The number of halogens is 1. The van der Waals surface area contributed by atoms with Crippen LogP contribution in [0.25, 0.3) is 0 Å². The quantitative estimate of drug-likeness (QED) is 0.896. The molecule has 2 heterocycles. The Kier molecular flexibility index (Phi) is 6.52. The van der Waals surface area contributed by atoms with Gasteiger partial charge in [0, 0.05) is 30.7 Å². The highest BCUT2D eigenvalue weighted by molar-refractivity contribution is 5.85. The predicted octanol–water partition coefficient (Wildman–Crippen LogP) is 2.19. The topological polar surface area (TPSA) is 44.4 Å². The molecule has 2 N–H and O–H groups in total. The van der Waals surface area contributed by atoms with Crippen LogP contribution in [0, 0.1) is 5.92 Å². The van der Waals surface area contributed by atoms with Gasteiger partial charge in [0.1, 0.15) is 0 Å². The normalized spacial score (nSPS) is 20.3. The van der Waals surface area contributed by atoms with E-state index in [0.29, 0.717) is 6.04 Å². The Morgan fingerprint density at radius 3 is 2.32 bits per heavy atom. The molecule has 0 atom stereocenters. The first-order valence-corrected chi connectivity index (χ1v) is 8.14. The molecule has 4 nitrogen and oxygen atoms in total. The SMILES string of the molecule is Cl.O=C(NC1CCN(c2ccccc2)CC1)C1CCNCC1.